The van der Waals surface area contributed by atoms with Crippen molar-refractivity contribution in [3.05, 3.63) is 23.8 Å². The van der Waals surface area contributed by atoms with Gasteiger partial charge in [-0.3, -0.25) is 4.79 Å². The van der Waals surface area contributed by atoms with Crippen molar-refractivity contribution < 1.29 is 9.53 Å². The molecule has 3 rings (SSSR count). The molecule has 2 N–H and O–H groups in total. The Bertz CT molecular complexity index is 473. The normalized spacial score (nSPS) is 20.5. The number of anilines is 1. The van der Waals surface area contributed by atoms with E-state index in [1.54, 1.807) is 0 Å². The molecule has 1 atom stereocenters. The first-order valence-electron chi connectivity index (χ1n) is 7.10. The van der Waals surface area contributed by atoms with Gasteiger partial charge < -0.3 is 15.4 Å². The van der Waals surface area contributed by atoms with Crippen LogP contribution in [0.25, 0.3) is 0 Å². The number of carbonyl (C=O) groups excluding carboxylic acids is 1. The number of carbonyl (C=O) groups is 1. The van der Waals surface area contributed by atoms with Crippen LogP contribution >= 0.6 is 12.4 Å². The second-order valence-corrected chi connectivity index (χ2v) is 5.32. The number of rotatable bonds is 3. The van der Waals surface area contributed by atoms with E-state index < -0.39 is 0 Å². The quantitative estimate of drug-likeness (QED) is 0.901. The molecule has 1 aromatic rings. The van der Waals surface area contributed by atoms with Crippen LogP contribution in [0.5, 0.6) is 5.75 Å². The van der Waals surface area contributed by atoms with E-state index in [1.165, 1.54) is 12.0 Å². The van der Waals surface area contributed by atoms with Crippen LogP contribution in [-0.2, 0) is 11.2 Å². The minimum absolute atomic E-state index is 0. The van der Waals surface area contributed by atoms with Gasteiger partial charge in [-0.25, -0.2) is 0 Å². The zero-order valence-corrected chi connectivity index (χ0v) is 12.3. The molecular weight excluding hydrogens is 276 g/mol. The average molecular weight is 297 g/mol. The van der Waals surface area contributed by atoms with E-state index in [0.29, 0.717) is 12.5 Å². The summed E-state index contributed by atoms with van der Waals surface area (Å²) in [6.45, 7) is 1.83. The van der Waals surface area contributed by atoms with Crippen LogP contribution in [0.2, 0.25) is 0 Å². The second-order valence-electron chi connectivity index (χ2n) is 5.32. The van der Waals surface area contributed by atoms with Gasteiger partial charge in [0.25, 0.3) is 0 Å². The van der Waals surface area contributed by atoms with Crippen molar-refractivity contribution in [2.75, 3.05) is 18.5 Å². The molecule has 2 aliphatic heterocycles. The Morgan fingerprint density at radius 3 is 3.10 bits per heavy atom. The maximum atomic E-state index is 12.0. The summed E-state index contributed by atoms with van der Waals surface area (Å²) in [7, 11) is 0. The summed E-state index contributed by atoms with van der Waals surface area (Å²) in [5, 5.41) is 6.33. The van der Waals surface area contributed by atoms with Gasteiger partial charge in [0.1, 0.15) is 5.75 Å². The lowest BCUT2D eigenvalue weighted by Gasteiger charge is -2.18. The fourth-order valence-corrected chi connectivity index (χ4v) is 2.80. The number of aryl methyl sites for hydroxylation is 1. The maximum absolute atomic E-state index is 12.0. The maximum Gasteiger partial charge on any atom is 0.225 e. The summed E-state index contributed by atoms with van der Waals surface area (Å²) in [4.78, 5) is 12.0. The van der Waals surface area contributed by atoms with Gasteiger partial charge in [-0.05, 0) is 56.0 Å². The predicted molar refractivity (Wildman–Crippen MR) is 81.8 cm³/mol. The molecular formula is C15H21ClN2O2. The summed E-state index contributed by atoms with van der Waals surface area (Å²) >= 11 is 0. The van der Waals surface area contributed by atoms with Gasteiger partial charge in [0.2, 0.25) is 5.91 Å². The highest BCUT2D eigenvalue weighted by Gasteiger charge is 2.18. The zero-order valence-electron chi connectivity index (χ0n) is 11.5. The molecule has 4 nitrogen and oxygen atoms in total. The lowest BCUT2D eigenvalue weighted by atomic mass is 10.1. The van der Waals surface area contributed by atoms with E-state index in [2.05, 4.69) is 10.6 Å². The van der Waals surface area contributed by atoms with Crippen LogP contribution in [0, 0.1) is 0 Å². The third-order valence-corrected chi connectivity index (χ3v) is 3.79. The monoisotopic (exact) mass is 296 g/mol. The number of fused-ring (bicyclic) bond motifs is 1. The summed E-state index contributed by atoms with van der Waals surface area (Å²) in [6.07, 6.45) is 4.92. The van der Waals surface area contributed by atoms with E-state index in [9.17, 15) is 4.79 Å². The first-order chi connectivity index (χ1) is 9.31. The van der Waals surface area contributed by atoms with E-state index in [0.717, 1.165) is 43.9 Å². The standard InChI is InChI=1S/C15H20N2O2.ClH/c18-15(10-12-4-1-7-16-12)17-13-5-6-14-11(9-13)3-2-8-19-14;/h5-6,9,12,16H,1-4,7-8,10H2,(H,17,18);1H. The van der Waals surface area contributed by atoms with E-state index in [4.69, 9.17) is 4.74 Å². The fraction of sp³-hybridized carbons (Fsp3) is 0.533. The van der Waals surface area contributed by atoms with Crippen LogP contribution < -0.4 is 15.4 Å². The second kappa shape index (κ2) is 6.95. The number of hydrogen-bond donors (Lipinski definition) is 2. The molecule has 0 spiro atoms. The molecule has 2 heterocycles. The molecule has 0 aliphatic carbocycles. The molecule has 1 fully saturated rings. The molecule has 1 saturated heterocycles. The molecule has 20 heavy (non-hydrogen) atoms. The third-order valence-electron chi connectivity index (χ3n) is 3.79. The first kappa shape index (κ1) is 15.1. The molecule has 110 valence electrons. The number of amides is 1. The highest BCUT2D eigenvalue weighted by Crippen LogP contribution is 2.27. The largest absolute Gasteiger partial charge is 0.493 e. The van der Waals surface area contributed by atoms with Gasteiger partial charge >= 0.3 is 0 Å². The smallest absolute Gasteiger partial charge is 0.225 e. The van der Waals surface area contributed by atoms with E-state index >= 15 is 0 Å². The van der Waals surface area contributed by atoms with Crippen LogP contribution in [0.4, 0.5) is 5.69 Å². The lowest BCUT2D eigenvalue weighted by Crippen LogP contribution is -2.27. The molecule has 2 aliphatic rings. The van der Waals surface area contributed by atoms with Crippen molar-refractivity contribution in [3.8, 4) is 5.75 Å². The predicted octanol–water partition coefficient (Wildman–Crippen LogP) is 2.51. The SMILES string of the molecule is Cl.O=C(CC1CCCN1)Nc1ccc2c(c1)CCCO2. The van der Waals surface area contributed by atoms with Crippen LogP contribution in [0.3, 0.4) is 0 Å². The highest BCUT2D eigenvalue weighted by molar-refractivity contribution is 5.91. The Kier molecular flexibility index (Phi) is 5.26. The average Bonchev–Trinajstić information content (AvgIpc) is 2.91. The molecule has 5 heteroatoms. The van der Waals surface area contributed by atoms with E-state index in [-0.39, 0.29) is 18.3 Å². The molecule has 1 aromatic carbocycles. The molecule has 0 radical (unpaired) electrons. The molecule has 1 amide bonds. The van der Waals surface area contributed by atoms with Crippen LogP contribution in [0.1, 0.15) is 31.2 Å². The van der Waals surface area contributed by atoms with Crippen LogP contribution in [-0.4, -0.2) is 25.1 Å². The zero-order chi connectivity index (χ0) is 13.1. The van der Waals surface area contributed by atoms with Gasteiger partial charge in [0, 0.05) is 18.2 Å². The number of halogens is 1. The highest BCUT2D eigenvalue weighted by atomic mass is 35.5. The Hall–Kier alpha value is -1.26. The van der Waals surface area contributed by atoms with Gasteiger partial charge in [0.15, 0.2) is 0 Å². The molecule has 0 aromatic heterocycles. The molecule has 1 unspecified atom stereocenters. The lowest BCUT2D eigenvalue weighted by molar-refractivity contribution is -0.116. The topological polar surface area (TPSA) is 50.4 Å². The number of benzene rings is 1. The van der Waals surface area contributed by atoms with Gasteiger partial charge in [0.05, 0.1) is 6.61 Å². The minimum atomic E-state index is 0. The first-order valence-corrected chi connectivity index (χ1v) is 7.10. The van der Waals surface area contributed by atoms with Crippen molar-refractivity contribution in [3.63, 3.8) is 0 Å². The van der Waals surface area contributed by atoms with Crippen molar-refractivity contribution in [2.45, 2.75) is 38.1 Å². The molecule has 0 saturated carbocycles. The van der Waals surface area contributed by atoms with Gasteiger partial charge in [-0.1, -0.05) is 0 Å². The fourth-order valence-electron chi connectivity index (χ4n) is 2.80. The number of ether oxygens (including phenoxy) is 1. The van der Waals surface area contributed by atoms with Crippen molar-refractivity contribution in [1.82, 2.24) is 5.32 Å². The molecule has 0 bridgehead atoms. The summed E-state index contributed by atoms with van der Waals surface area (Å²) < 4.78 is 5.57. The minimum Gasteiger partial charge on any atom is -0.493 e. The van der Waals surface area contributed by atoms with Gasteiger partial charge in [-0.15, -0.1) is 12.4 Å². The Morgan fingerprint density at radius 1 is 1.40 bits per heavy atom. The van der Waals surface area contributed by atoms with Crippen molar-refractivity contribution in [2.24, 2.45) is 0 Å². The summed E-state index contributed by atoms with van der Waals surface area (Å²) in [5.74, 6) is 1.05. The number of nitrogens with one attached hydrogen (secondary N) is 2. The van der Waals surface area contributed by atoms with Crippen molar-refractivity contribution >= 4 is 24.0 Å². The van der Waals surface area contributed by atoms with Crippen molar-refractivity contribution in [1.29, 1.82) is 0 Å². The Balaban J connectivity index is 0.00000147. The summed E-state index contributed by atoms with van der Waals surface area (Å²) in [6, 6.07) is 6.26. The van der Waals surface area contributed by atoms with Gasteiger partial charge in [-0.2, -0.15) is 0 Å². The summed E-state index contributed by atoms with van der Waals surface area (Å²) in [5.41, 5.74) is 2.08. The van der Waals surface area contributed by atoms with Crippen LogP contribution in [0.15, 0.2) is 18.2 Å². The Morgan fingerprint density at radius 2 is 2.30 bits per heavy atom. The van der Waals surface area contributed by atoms with E-state index in [1.807, 2.05) is 18.2 Å². The number of hydrogen-bond acceptors (Lipinski definition) is 3. The Labute approximate surface area is 125 Å². The third kappa shape index (κ3) is 3.64.